The highest BCUT2D eigenvalue weighted by molar-refractivity contribution is 6.18. The summed E-state index contributed by atoms with van der Waals surface area (Å²) in [7, 11) is 3.18. The van der Waals surface area contributed by atoms with Gasteiger partial charge >= 0.3 is 0 Å². The zero-order valence-corrected chi connectivity index (χ0v) is 20.2. The van der Waals surface area contributed by atoms with Crippen LogP contribution in [0.1, 0.15) is 23.1 Å². The van der Waals surface area contributed by atoms with Gasteiger partial charge in [-0.15, -0.1) is 0 Å². The molecule has 180 valence electrons. The van der Waals surface area contributed by atoms with Crippen molar-refractivity contribution in [1.82, 2.24) is 5.32 Å². The van der Waals surface area contributed by atoms with E-state index in [1.807, 2.05) is 73.7 Å². The van der Waals surface area contributed by atoms with E-state index in [0.29, 0.717) is 41.6 Å². The smallest absolute Gasteiger partial charge is 0.240 e. The van der Waals surface area contributed by atoms with Crippen LogP contribution in [0.15, 0.2) is 71.7 Å². The Kier molecular flexibility index (Phi) is 7.45. The highest BCUT2D eigenvalue weighted by Gasteiger charge is 2.26. The largest absolute Gasteiger partial charge is 0.493 e. The van der Waals surface area contributed by atoms with Crippen LogP contribution in [0.2, 0.25) is 0 Å². The van der Waals surface area contributed by atoms with E-state index in [1.54, 1.807) is 14.2 Å². The van der Waals surface area contributed by atoms with Gasteiger partial charge in [0.25, 0.3) is 0 Å². The first kappa shape index (κ1) is 24.0. The number of aryl methyl sites for hydroxylation is 1. The first-order valence-electron chi connectivity index (χ1n) is 11.5. The highest BCUT2D eigenvalue weighted by Crippen LogP contribution is 2.33. The van der Waals surface area contributed by atoms with Gasteiger partial charge in [0.05, 0.1) is 37.7 Å². The number of ether oxygens (including phenoxy) is 2. The van der Waals surface area contributed by atoms with E-state index in [-0.39, 0.29) is 24.8 Å². The van der Waals surface area contributed by atoms with Gasteiger partial charge in [-0.1, -0.05) is 48.0 Å². The van der Waals surface area contributed by atoms with Crippen LogP contribution in [0.5, 0.6) is 11.5 Å². The fourth-order valence-corrected chi connectivity index (χ4v) is 4.01. The number of aliphatic imine (C=N–C) groups is 1. The van der Waals surface area contributed by atoms with Crippen LogP contribution in [0.4, 0.5) is 11.4 Å². The van der Waals surface area contributed by atoms with Gasteiger partial charge in [-0.2, -0.15) is 0 Å². The fourth-order valence-electron chi connectivity index (χ4n) is 4.01. The van der Waals surface area contributed by atoms with E-state index in [2.05, 4.69) is 5.32 Å². The van der Waals surface area contributed by atoms with Crippen molar-refractivity contribution in [3.8, 4) is 11.5 Å². The Bertz CT molecular complexity index is 1250. The molecule has 0 radical (unpaired) electrons. The Morgan fingerprint density at radius 2 is 1.74 bits per heavy atom. The number of fused-ring (bicyclic) bond motifs is 1. The van der Waals surface area contributed by atoms with Crippen molar-refractivity contribution >= 4 is 28.9 Å². The molecule has 0 bridgehead atoms. The van der Waals surface area contributed by atoms with Gasteiger partial charge in [0.2, 0.25) is 11.8 Å². The van der Waals surface area contributed by atoms with Crippen molar-refractivity contribution in [3.63, 3.8) is 0 Å². The Balaban J connectivity index is 1.43. The molecule has 0 spiro atoms. The van der Waals surface area contributed by atoms with E-state index < -0.39 is 0 Å². The number of carbonyl (C=O) groups excluding carboxylic acids is 2. The summed E-state index contributed by atoms with van der Waals surface area (Å²) in [4.78, 5) is 32.3. The summed E-state index contributed by atoms with van der Waals surface area (Å²) >= 11 is 0. The second-order valence-corrected chi connectivity index (χ2v) is 8.36. The lowest BCUT2D eigenvalue weighted by molar-refractivity contribution is -0.123. The SMILES string of the molecule is COc1ccc(CCNC(=O)CN2C(=O)CC(c3ccc(C)cc3)=Nc3ccccc32)cc1OC. The minimum atomic E-state index is -0.229. The van der Waals surface area contributed by atoms with Gasteiger partial charge in [-0.3, -0.25) is 14.6 Å². The molecular formula is C28H29N3O4. The summed E-state index contributed by atoms with van der Waals surface area (Å²) in [5.74, 6) is 0.912. The molecular weight excluding hydrogens is 442 g/mol. The van der Waals surface area contributed by atoms with Crippen LogP contribution >= 0.6 is 0 Å². The lowest BCUT2D eigenvalue weighted by atomic mass is 10.1. The number of hydrogen-bond acceptors (Lipinski definition) is 5. The number of nitrogens with one attached hydrogen (secondary N) is 1. The average Bonchev–Trinajstić information content (AvgIpc) is 3.00. The number of benzene rings is 3. The molecule has 0 aliphatic carbocycles. The molecule has 35 heavy (non-hydrogen) atoms. The zero-order valence-electron chi connectivity index (χ0n) is 20.2. The molecule has 0 unspecified atom stereocenters. The molecule has 2 amide bonds. The third-order valence-corrected chi connectivity index (χ3v) is 5.92. The van der Waals surface area contributed by atoms with Crippen LogP contribution in [0.3, 0.4) is 0 Å². The minimum absolute atomic E-state index is 0.0710. The molecule has 0 aromatic heterocycles. The van der Waals surface area contributed by atoms with E-state index >= 15 is 0 Å². The lowest BCUT2D eigenvalue weighted by Crippen LogP contribution is -2.41. The maximum absolute atomic E-state index is 13.2. The third-order valence-electron chi connectivity index (χ3n) is 5.92. The topological polar surface area (TPSA) is 80.2 Å². The number of carbonyl (C=O) groups is 2. The molecule has 0 saturated heterocycles. The van der Waals surface area contributed by atoms with Crippen molar-refractivity contribution in [2.24, 2.45) is 4.99 Å². The van der Waals surface area contributed by atoms with Crippen molar-refractivity contribution in [3.05, 3.63) is 83.4 Å². The van der Waals surface area contributed by atoms with Crippen LogP contribution in [0, 0.1) is 6.92 Å². The summed E-state index contributed by atoms with van der Waals surface area (Å²) in [6.07, 6.45) is 0.744. The van der Waals surface area contributed by atoms with Gasteiger partial charge in [0, 0.05) is 6.54 Å². The predicted octanol–water partition coefficient (Wildman–Crippen LogP) is 4.23. The Morgan fingerprint density at radius 1 is 1.00 bits per heavy atom. The Hall–Kier alpha value is -4.13. The van der Waals surface area contributed by atoms with Crippen molar-refractivity contribution in [2.75, 3.05) is 32.2 Å². The first-order valence-corrected chi connectivity index (χ1v) is 11.5. The molecule has 1 N–H and O–H groups in total. The minimum Gasteiger partial charge on any atom is -0.493 e. The van der Waals surface area contributed by atoms with Crippen molar-refractivity contribution < 1.29 is 19.1 Å². The molecule has 3 aromatic carbocycles. The molecule has 7 heteroatoms. The van der Waals surface area contributed by atoms with Crippen LogP contribution < -0.4 is 19.7 Å². The normalized spacial score (nSPS) is 12.9. The number of amides is 2. The van der Waals surface area contributed by atoms with E-state index in [0.717, 1.165) is 16.7 Å². The number of nitrogens with zero attached hydrogens (tertiary/aromatic N) is 2. The van der Waals surface area contributed by atoms with Crippen molar-refractivity contribution in [1.29, 1.82) is 0 Å². The predicted molar refractivity (Wildman–Crippen MR) is 137 cm³/mol. The number of para-hydroxylation sites is 2. The van der Waals surface area contributed by atoms with Crippen molar-refractivity contribution in [2.45, 2.75) is 19.8 Å². The Labute approximate surface area is 205 Å². The summed E-state index contributed by atoms with van der Waals surface area (Å²) < 4.78 is 10.6. The van der Waals surface area contributed by atoms with Gasteiger partial charge in [-0.05, 0) is 48.7 Å². The lowest BCUT2D eigenvalue weighted by Gasteiger charge is -2.22. The molecule has 1 aliphatic rings. The quantitative estimate of drug-likeness (QED) is 0.533. The average molecular weight is 472 g/mol. The molecule has 1 heterocycles. The molecule has 7 nitrogen and oxygen atoms in total. The van der Waals surface area contributed by atoms with Crippen LogP contribution in [-0.4, -0.2) is 44.8 Å². The maximum Gasteiger partial charge on any atom is 0.240 e. The van der Waals surface area contributed by atoms with Gasteiger partial charge in [0.1, 0.15) is 6.54 Å². The van der Waals surface area contributed by atoms with E-state index in [1.165, 1.54) is 4.90 Å². The monoisotopic (exact) mass is 471 g/mol. The molecule has 0 atom stereocenters. The highest BCUT2D eigenvalue weighted by atomic mass is 16.5. The molecule has 0 saturated carbocycles. The number of methoxy groups -OCH3 is 2. The van der Waals surface area contributed by atoms with E-state index in [9.17, 15) is 9.59 Å². The molecule has 1 aliphatic heterocycles. The fraction of sp³-hybridized carbons (Fsp3) is 0.250. The molecule has 3 aromatic rings. The summed E-state index contributed by atoms with van der Waals surface area (Å²) in [6.45, 7) is 2.38. The Morgan fingerprint density at radius 3 is 2.49 bits per heavy atom. The van der Waals surface area contributed by atoms with Gasteiger partial charge in [-0.25, -0.2) is 0 Å². The molecule has 0 fully saturated rings. The summed E-state index contributed by atoms with van der Waals surface area (Å²) in [5.41, 5.74) is 5.05. The number of hydrogen-bond donors (Lipinski definition) is 1. The zero-order chi connectivity index (χ0) is 24.8. The molecule has 4 rings (SSSR count). The first-order chi connectivity index (χ1) is 17.0. The standard InChI is InChI=1S/C28H29N3O4/c1-19-8-11-21(12-9-19)23-17-28(33)31(24-7-5-4-6-22(24)30-23)18-27(32)29-15-14-20-10-13-25(34-2)26(16-20)35-3/h4-13,16H,14-15,17-18H2,1-3H3,(H,29,32). The van der Waals surface area contributed by atoms with Gasteiger partial charge in [0.15, 0.2) is 11.5 Å². The third kappa shape index (κ3) is 5.69. The summed E-state index contributed by atoms with van der Waals surface area (Å²) in [6, 6.07) is 21.0. The van der Waals surface area contributed by atoms with Crippen LogP contribution in [-0.2, 0) is 16.0 Å². The second kappa shape index (κ2) is 10.9. The summed E-state index contributed by atoms with van der Waals surface area (Å²) in [5, 5.41) is 2.92. The second-order valence-electron chi connectivity index (χ2n) is 8.36. The number of rotatable bonds is 8. The number of anilines is 1. The van der Waals surface area contributed by atoms with Gasteiger partial charge < -0.3 is 19.7 Å². The van der Waals surface area contributed by atoms with Crippen LogP contribution in [0.25, 0.3) is 0 Å². The van der Waals surface area contributed by atoms with E-state index in [4.69, 9.17) is 14.5 Å². The maximum atomic E-state index is 13.2.